The van der Waals surface area contributed by atoms with Crippen molar-refractivity contribution in [3.63, 3.8) is 0 Å². The lowest BCUT2D eigenvalue weighted by Crippen LogP contribution is -2.45. The van der Waals surface area contributed by atoms with Crippen LogP contribution in [0.4, 0.5) is 0 Å². The molecule has 1 aliphatic rings. The number of aliphatic hydroxyl groups excluding tert-OH is 1. The van der Waals surface area contributed by atoms with Crippen molar-refractivity contribution in [2.24, 2.45) is 7.05 Å². The molecule has 1 saturated carbocycles. The third-order valence-corrected chi connectivity index (χ3v) is 7.03. The van der Waals surface area contributed by atoms with Gasteiger partial charge in [-0.15, -0.1) is 0 Å². The number of rotatable bonds is 6. The number of benzene rings is 1. The third kappa shape index (κ3) is 4.95. The van der Waals surface area contributed by atoms with Crippen LogP contribution in [0.25, 0.3) is 11.3 Å². The van der Waals surface area contributed by atoms with Crippen molar-refractivity contribution in [1.29, 1.82) is 0 Å². The number of carbonyl (C=O) groups is 1. The Hall–Kier alpha value is -2.90. The molecule has 1 fully saturated rings. The number of aromatic nitrogens is 3. The van der Waals surface area contributed by atoms with Crippen molar-refractivity contribution in [2.75, 3.05) is 7.11 Å². The number of amides is 1. The van der Waals surface area contributed by atoms with Crippen LogP contribution in [0.1, 0.15) is 58.4 Å². The maximum Gasteiger partial charge on any atom is 0.255 e. The van der Waals surface area contributed by atoms with Crippen LogP contribution in [-0.2, 0) is 13.5 Å². The van der Waals surface area contributed by atoms with Gasteiger partial charge < -0.3 is 15.2 Å². The van der Waals surface area contributed by atoms with Gasteiger partial charge in [0, 0.05) is 25.0 Å². The SMILES string of the molecule is COc1c(C(=O)N[C@H]2CCCC[C@@H]2O)cc(Cc2ccc(-c3cn(C)nc3C)nc2)c(C)c1Cl. The van der Waals surface area contributed by atoms with Gasteiger partial charge in [0.25, 0.3) is 5.91 Å². The summed E-state index contributed by atoms with van der Waals surface area (Å²) in [5, 5.41) is 18.1. The first-order chi connectivity index (χ1) is 16.3. The number of hydrogen-bond donors (Lipinski definition) is 2. The van der Waals surface area contributed by atoms with Gasteiger partial charge in [-0.2, -0.15) is 5.10 Å². The molecule has 0 bridgehead atoms. The fraction of sp³-hybridized carbons (Fsp3) is 0.423. The van der Waals surface area contributed by atoms with Gasteiger partial charge in [0.2, 0.25) is 0 Å². The highest BCUT2D eigenvalue weighted by Crippen LogP contribution is 2.35. The lowest BCUT2D eigenvalue weighted by atomic mass is 9.92. The second-order valence-corrected chi connectivity index (χ2v) is 9.40. The number of hydrogen-bond acceptors (Lipinski definition) is 5. The molecule has 8 heteroatoms. The first-order valence-corrected chi connectivity index (χ1v) is 12.0. The molecule has 1 aliphatic carbocycles. The monoisotopic (exact) mass is 482 g/mol. The van der Waals surface area contributed by atoms with Crippen LogP contribution in [0.3, 0.4) is 0 Å². The van der Waals surface area contributed by atoms with Crippen LogP contribution in [0, 0.1) is 13.8 Å². The number of carbonyl (C=O) groups excluding carboxylic acids is 1. The molecule has 2 heterocycles. The number of nitrogens with zero attached hydrogens (tertiary/aromatic N) is 3. The summed E-state index contributed by atoms with van der Waals surface area (Å²) in [6.45, 7) is 3.89. The topological polar surface area (TPSA) is 89.3 Å². The normalized spacial score (nSPS) is 18.1. The van der Waals surface area contributed by atoms with Crippen LogP contribution >= 0.6 is 11.6 Å². The van der Waals surface area contributed by atoms with Crippen molar-refractivity contribution >= 4 is 17.5 Å². The highest BCUT2D eigenvalue weighted by atomic mass is 35.5. The quantitative estimate of drug-likeness (QED) is 0.544. The van der Waals surface area contributed by atoms with Gasteiger partial charge in [0.05, 0.1) is 41.2 Å². The van der Waals surface area contributed by atoms with Crippen molar-refractivity contribution in [1.82, 2.24) is 20.1 Å². The minimum Gasteiger partial charge on any atom is -0.494 e. The van der Waals surface area contributed by atoms with Gasteiger partial charge in [0.1, 0.15) is 5.75 Å². The summed E-state index contributed by atoms with van der Waals surface area (Å²) in [5.41, 5.74) is 5.96. The van der Waals surface area contributed by atoms with Gasteiger partial charge in [-0.3, -0.25) is 14.5 Å². The van der Waals surface area contributed by atoms with Gasteiger partial charge in [-0.05, 0) is 61.9 Å². The Morgan fingerprint density at radius 2 is 2.06 bits per heavy atom. The number of methoxy groups -OCH3 is 1. The molecule has 34 heavy (non-hydrogen) atoms. The Morgan fingerprint density at radius 3 is 2.68 bits per heavy atom. The summed E-state index contributed by atoms with van der Waals surface area (Å²) in [4.78, 5) is 17.8. The summed E-state index contributed by atoms with van der Waals surface area (Å²) in [7, 11) is 3.40. The zero-order valence-corrected chi connectivity index (χ0v) is 20.8. The Balaban J connectivity index is 1.60. The van der Waals surface area contributed by atoms with Crippen LogP contribution in [0.15, 0.2) is 30.6 Å². The average Bonchev–Trinajstić information content (AvgIpc) is 3.16. The molecule has 0 radical (unpaired) electrons. The Morgan fingerprint density at radius 1 is 1.29 bits per heavy atom. The Labute approximate surface area is 205 Å². The van der Waals surface area contributed by atoms with Crippen LogP contribution in [-0.4, -0.2) is 45.0 Å². The molecule has 2 aromatic heterocycles. The lowest BCUT2D eigenvalue weighted by molar-refractivity contribution is 0.0715. The highest BCUT2D eigenvalue weighted by molar-refractivity contribution is 6.33. The van der Waals surface area contributed by atoms with E-state index in [0.717, 1.165) is 52.9 Å². The lowest BCUT2D eigenvalue weighted by Gasteiger charge is -2.28. The van der Waals surface area contributed by atoms with Gasteiger partial charge in [-0.1, -0.05) is 30.5 Å². The predicted molar refractivity (Wildman–Crippen MR) is 132 cm³/mol. The molecule has 2 atom stereocenters. The molecule has 4 rings (SSSR count). The zero-order chi connectivity index (χ0) is 24.4. The molecule has 1 aromatic carbocycles. The molecule has 180 valence electrons. The molecular formula is C26H31ClN4O3. The molecule has 0 unspecified atom stereocenters. The fourth-order valence-corrected chi connectivity index (χ4v) is 4.91. The standard InChI is InChI=1S/C26H31ClN4O3/c1-15-18(11-17-9-10-21(28-13-17)20-14-31(3)30-16(20)2)12-19(25(34-4)24(15)27)26(33)29-22-7-5-6-8-23(22)32/h9-10,12-14,22-23,32H,5-8,11H2,1-4H3,(H,29,33)/t22-,23-/m0/s1. The van der Waals surface area contributed by atoms with E-state index in [1.165, 1.54) is 7.11 Å². The minimum atomic E-state index is -0.530. The van der Waals surface area contributed by atoms with Crippen LogP contribution < -0.4 is 10.1 Å². The second-order valence-electron chi connectivity index (χ2n) is 9.02. The summed E-state index contributed by atoms with van der Waals surface area (Å²) < 4.78 is 7.28. The molecule has 7 nitrogen and oxygen atoms in total. The Kier molecular flexibility index (Phi) is 7.24. The fourth-order valence-electron chi connectivity index (χ4n) is 4.61. The molecule has 0 aliphatic heterocycles. The molecule has 2 N–H and O–H groups in total. The first kappa shape index (κ1) is 24.2. The van der Waals surface area contributed by atoms with Gasteiger partial charge >= 0.3 is 0 Å². The molecule has 1 amide bonds. The predicted octanol–water partition coefficient (Wildman–Crippen LogP) is 4.39. The van der Waals surface area contributed by atoms with Crippen molar-refractivity contribution in [3.05, 3.63) is 63.6 Å². The van der Waals surface area contributed by atoms with Crippen LogP contribution in [0.2, 0.25) is 5.02 Å². The average molecular weight is 483 g/mol. The number of aliphatic hydroxyl groups is 1. The number of pyridine rings is 1. The molecular weight excluding hydrogens is 452 g/mol. The minimum absolute atomic E-state index is 0.262. The number of nitrogens with one attached hydrogen (secondary N) is 1. The van der Waals surface area contributed by atoms with E-state index in [4.69, 9.17) is 16.3 Å². The maximum atomic E-state index is 13.2. The second kappa shape index (κ2) is 10.2. The van der Waals surface area contributed by atoms with Gasteiger partial charge in [-0.25, -0.2) is 0 Å². The summed E-state index contributed by atoms with van der Waals surface area (Å²) in [6.07, 6.45) is 7.26. The number of ether oxygens (including phenoxy) is 1. The van der Waals surface area contributed by atoms with E-state index in [9.17, 15) is 9.90 Å². The first-order valence-electron chi connectivity index (χ1n) is 11.6. The molecule has 0 saturated heterocycles. The zero-order valence-electron chi connectivity index (χ0n) is 20.1. The Bertz CT molecular complexity index is 1190. The van der Waals surface area contributed by atoms with Crippen molar-refractivity contribution in [2.45, 2.75) is 58.1 Å². The van der Waals surface area contributed by atoms with E-state index in [0.29, 0.717) is 29.2 Å². The van der Waals surface area contributed by atoms with Crippen LogP contribution in [0.5, 0.6) is 5.75 Å². The smallest absolute Gasteiger partial charge is 0.255 e. The van der Waals surface area contributed by atoms with E-state index >= 15 is 0 Å². The van der Waals surface area contributed by atoms with Crippen molar-refractivity contribution in [3.8, 4) is 17.0 Å². The van der Waals surface area contributed by atoms with Gasteiger partial charge in [0.15, 0.2) is 0 Å². The van der Waals surface area contributed by atoms with E-state index in [1.54, 1.807) is 4.68 Å². The summed E-state index contributed by atoms with van der Waals surface area (Å²) in [5.74, 6) is 0.0673. The van der Waals surface area contributed by atoms with Crippen molar-refractivity contribution < 1.29 is 14.6 Å². The largest absolute Gasteiger partial charge is 0.494 e. The highest BCUT2D eigenvalue weighted by Gasteiger charge is 2.27. The maximum absolute atomic E-state index is 13.2. The van der Waals surface area contributed by atoms with E-state index in [-0.39, 0.29) is 11.9 Å². The molecule has 3 aromatic rings. The van der Waals surface area contributed by atoms with E-state index < -0.39 is 6.10 Å². The summed E-state index contributed by atoms with van der Waals surface area (Å²) >= 11 is 6.63. The van der Waals surface area contributed by atoms with E-state index in [1.807, 2.05) is 51.5 Å². The third-order valence-electron chi connectivity index (χ3n) is 6.58. The summed E-state index contributed by atoms with van der Waals surface area (Å²) in [6, 6.07) is 5.59. The van der Waals surface area contributed by atoms with E-state index in [2.05, 4.69) is 15.4 Å². The molecule has 0 spiro atoms. The number of halogens is 1. The number of aryl methyl sites for hydroxylation is 2.